The summed E-state index contributed by atoms with van der Waals surface area (Å²) in [5.41, 5.74) is 1.22. The first kappa shape index (κ1) is 26.8. The number of piperazine rings is 1. The Morgan fingerprint density at radius 1 is 0.923 bits per heavy atom. The third-order valence-electron chi connectivity index (χ3n) is 6.98. The Morgan fingerprint density at radius 2 is 1.54 bits per heavy atom. The normalized spacial score (nSPS) is 17.9. The lowest BCUT2D eigenvalue weighted by atomic mass is 10.0. The fourth-order valence-electron chi connectivity index (χ4n) is 5.37. The van der Waals surface area contributed by atoms with Crippen molar-refractivity contribution in [1.29, 1.82) is 0 Å². The van der Waals surface area contributed by atoms with Gasteiger partial charge in [-0.1, -0.05) is 39.8 Å². The van der Waals surface area contributed by atoms with Crippen molar-refractivity contribution in [3.05, 3.63) is 70.2 Å². The fourth-order valence-corrected chi connectivity index (χ4v) is 5.37. The third kappa shape index (κ3) is 4.89. The molecule has 0 radical (unpaired) electrons. The van der Waals surface area contributed by atoms with Crippen LogP contribution in [0.15, 0.2) is 41.5 Å². The van der Waals surface area contributed by atoms with E-state index in [1.807, 2.05) is 46.4 Å². The second-order valence-electron chi connectivity index (χ2n) is 10.9. The summed E-state index contributed by atoms with van der Waals surface area (Å²) < 4.78 is 31.9. The van der Waals surface area contributed by atoms with Gasteiger partial charge in [-0.15, -0.1) is 0 Å². The maximum Gasteiger partial charge on any atom is 0.355 e. The van der Waals surface area contributed by atoms with E-state index in [2.05, 4.69) is 25.3 Å². The highest BCUT2D eigenvalue weighted by molar-refractivity contribution is 5.90. The Morgan fingerprint density at radius 3 is 2.13 bits per heavy atom. The van der Waals surface area contributed by atoms with Crippen molar-refractivity contribution in [2.45, 2.75) is 65.5 Å². The minimum atomic E-state index is -0.699. The number of rotatable bonds is 5. The molecule has 1 N–H and O–H groups in total. The van der Waals surface area contributed by atoms with Crippen LogP contribution in [0, 0.1) is 11.6 Å². The zero-order valence-electron chi connectivity index (χ0n) is 23.0. The molecule has 4 aromatic rings. The molecule has 5 rings (SSSR count). The Hall–Kier alpha value is -3.79. The van der Waals surface area contributed by atoms with Gasteiger partial charge in [0.2, 0.25) is 0 Å². The number of fused-ring (bicyclic) bond motifs is 1. The predicted octanol–water partition coefficient (Wildman–Crippen LogP) is 4.95. The van der Waals surface area contributed by atoms with Gasteiger partial charge in [0, 0.05) is 30.7 Å². The standard InChI is InChI=1S/C29H33F2N7O/c1-15(2)23-26(24(16(3)4)33-14-32-23)38-28-20(11-22(31)25(35-28)19-9-7-8-10-21(19)30)27(36-29(38)39)37-12-17(5)34-18(6)13-37/h7-11,14-18,34H,12-13H2,1-6H3/t17-,18+. The van der Waals surface area contributed by atoms with Gasteiger partial charge in [0.1, 0.15) is 29.5 Å². The highest BCUT2D eigenvalue weighted by Gasteiger charge is 2.29. The molecule has 4 heterocycles. The Labute approximate surface area is 226 Å². The molecule has 0 spiro atoms. The van der Waals surface area contributed by atoms with E-state index in [1.54, 1.807) is 6.07 Å². The number of hydrogen-bond acceptors (Lipinski definition) is 7. The molecule has 1 aliphatic rings. The topological polar surface area (TPSA) is 88.8 Å². The molecule has 10 heteroatoms. The third-order valence-corrected chi connectivity index (χ3v) is 6.98. The first-order chi connectivity index (χ1) is 18.6. The van der Waals surface area contributed by atoms with Gasteiger partial charge in [0.05, 0.1) is 22.5 Å². The van der Waals surface area contributed by atoms with Gasteiger partial charge in [-0.05, 0) is 43.9 Å². The monoisotopic (exact) mass is 533 g/mol. The van der Waals surface area contributed by atoms with Gasteiger partial charge in [-0.25, -0.2) is 33.1 Å². The zero-order valence-corrected chi connectivity index (χ0v) is 23.0. The van der Waals surface area contributed by atoms with E-state index in [1.165, 1.54) is 35.2 Å². The van der Waals surface area contributed by atoms with Crippen molar-refractivity contribution in [2.75, 3.05) is 18.0 Å². The quantitative estimate of drug-likeness (QED) is 0.388. The Kier molecular flexibility index (Phi) is 7.15. The van der Waals surface area contributed by atoms with Crippen LogP contribution in [-0.2, 0) is 0 Å². The smallest absolute Gasteiger partial charge is 0.353 e. The Bertz CT molecular complexity index is 1560. The molecule has 0 saturated carbocycles. The minimum Gasteiger partial charge on any atom is -0.353 e. The van der Waals surface area contributed by atoms with Crippen LogP contribution in [0.3, 0.4) is 0 Å². The van der Waals surface area contributed by atoms with Crippen LogP contribution >= 0.6 is 0 Å². The molecular formula is C29H33F2N7O. The van der Waals surface area contributed by atoms with Gasteiger partial charge in [0.15, 0.2) is 5.65 Å². The molecule has 1 saturated heterocycles. The molecule has 204 valence electrons. The van der Waals surface area contributed by atoms with E-state index >= 15 is 4.39 Å². The van der Waals surface area contributed by atoms with Crippen LogP contribution in [0.5, 0.6) is 0 Å². The van der Waals surface area contributed by atoms with E-state index in [9.17, 15) is 9.18 Å². The molecule has 2 atom stereocenters. The molecule has 0 amide bonds. The summed E-state index contributed by atoms with van der Waals surface area (Å²) in [6.07, 6.45) is 1.49. The summed E-state index contributed by atoms with van der Waals surface area (Å²) >= 11 is 0. The Balaban J connectivity index is 1.91. The summed E-state index contributed by atoms with van der Waals surface area (Å²) in [6.45, 7) is 13.2. The zero-order chi connectivity index (χ0) is 28.0. The molecular weight excluding hydrogens is 500 g/mol. The highest BCUT2D eigenvalue weighted by atomic mass is 19.1. The highest BCUT2D eigenvalue weighted by Crippen LogP contribution is 2.34. The molecule has 0 unspecified atom stereocenters. The number of nitrogens with one attached hydrogen (secondary N) is 1. The van der Waals surface area contributed by atoms with Crippen LogP contribution in [0.25, 0.3) is 28.0 Å². The average Bonchev–Trinajstić information content (AvgIpc) is 2.87. The van der Waals surface area contributed by atoms with E-state index in [-0.39, 0.29) is 40.8 Å². The summed E-state index contributed by atoms with van der Waals surface area (Å²) in [6, 6.07) is 7.46. The maximum atomic E-state index is 15.7. The maximum absolute atomic E-state index is 15.7. The lowest BCUT2D eigenvalue weighted by Gasteiger charge is -2.37. The summed E-state index contributed by atoms with van der Waals surface area (Å²) in [7, 11) is 0. The SMILES string of the molecule is CC(C)c1ncnc(C(C)C)c1-n1c(=O)nc(N2C[C@@H](C)N[C@@H](C)C2)c2cc(F)c(-c3ccccc3F)nc21. The molecule has 1 fully saturated rings. The van der Waals surface area contributed by atoms with Crippen molar-refractivity contribution >= 4 is 16.9 Å². The van der Waals surface area contributed by atoms with E-state index in [4.69, 9.17) is 0 Å². The van der Waals surface area contributed by atoms with Crippen LogP contribution in [0.1, 0.15) is 64.8 Å². The molecule has 1 aliphatic heterocycles. The lowest BCUT2D eigenvalue weighted by Crippen LogP contribution is -2.55. The van der Waals surface area contributed by atoms with Gasteiger partial charge in [-0.3, -0.25) is 0 Å². The number of pyridine rings is 1. The van der Waals surface area contributed by atoms with E-state index in [0.717, 1.165) is 0 Å². The molecule has 39 heavy (non-hydrogen) atoms. The van der Waals surface area contributed by atoms with E-state index < -0.39 is 17.3 Å². The van der Waals surface area contributed by atoms with Gasteiger partial charge in [-0.2, -0.15) is 4.98 Å². The molecule has 8 nitrogen and oxygen atoms in total. The van der Waals surface area contributed by atoms with Crippen molar-refractivity contribution in [2.24, 2.45) is 0 Å². The van der Waals surface area contributed by atoms with Crippen LogP contribution < -0.4 is 15.9 Å². The van der Waals surface area contributed by atoms with Crippen molar-refractivity contribution in [3.8, 4) is 16.9 Å². The summed E-state index contributed by atoms with van der Waals surface area (Å²) in [5, 5.41) is 3.83. The van der Waals surface area contributed by atoms with Crippen LogP contribution in [0.2, 0.25) is 0 Å². The minimum absolute atomic E-state index is 0.0103. The number of nitrogens with zero attached hydrogens (tertiary/aromatic N) is 6. The number of aromatic nitrogens is 5. The van der Waals surface area contributed by atoms with Crippen molar-refractivity contribution in [1.82, 2.24) is 29.8 Å². The number of benzene rings is 1. The average molecular weight is 534 g/mol. The fraction of sp³-hybridized carbons (Fsp3) is 0.414. The van der Waals surface area contributed by atoms with Crippen molar-refractivity contribution in [3.63, 3.8) is 0 Å². The van der Waals surface area contributed by atoms with Crippen LogP contribution in [0.4, 0.5) is 14.6 Å². The van der Waals surface area contributed by atoms with Gasteiger partial charge in [0.25, 0.3) is 0 Å². The number of halogens is 2. The van der Waals surface area contributed by atoms with Gasteiger partial charge >= 0.3 is 5.69 Å². The number of hydrogen-bond donors (Lipinski definition) is 1. The van der Waals surface area contributed by atoms with Crippen molar-refractivity contribution < 1.29 is 8.78 Å². The first-order valence-electron chi connectivity index (χ1n) is 13.3. The summed E-state index contributed by atoms with van der Waals surface area (Å²) in [4.78, 5) is 34.1. The molecule has 0 bridgehead atoms. The van der Waals surface area contributed by atoms with Gasteiger partial charge < -0.3 is 10.2 Å². The predicted molar refractivity (Wildman–Crippen MR) is 149 cm³/mol. The van der Waals surface area contributed by atoms with Crippen LogP contribution in [-0.4, -0.2) is 49.7 Å². The largest absolute Gasteiger partial charge is 0.355 e. The summed E-state index contributed by atoms with van der Waals surface area (Å²) in [5.74, 6) is -1.06. The second-order valence-corrected chi connectivity index (χ2v) is 10.9. The molecule has 0 aliphatic carbocycles. The molecule has 3 aromatic heterocycles. The lowest BCUT2D eigenvalue weighted by molar-refractivity contribution is 0.405. The van der Waals surface area contributed by atoms with E-state index in [0.29, 0.717) is 41.4 Å². The second kappa shape index (κ2) is 10.4. The number of anilines is 1. The first-order valence-corrected chi connectivity index (χ1v) is 13.3. The molecule has 1 aromatic carbocycles.